The second-order valence-corrected chi connectivity index (χ2v) is 16.9. The molecule has 2 heterocycles. The molecule has 10 aromatic carbocycles. The van der Waals surface area contributed by atoms with Crippen molar-refractivity contribution < 1.29 is 0 Å². The van der Waals surface area contributed by atoms with Crippen molar-refractivity contribution in [1.29, 1.82) is 0 Å². The van der Waals surface area contributed by atoms with E-state index in [9.17, 15) is 0 Å². The predicted octanol–water partition coefficient (Wildman–Crippen LogP) is 16.8. The first-order valence-corrected chi connectivity index (χ1v) is 21.6. The maximum Gasteiger partial charge on any atom is 0.0547 e. The van der Waals surface area contributed by atoms with Gasteiger partial charge in [-0.1, -0.05) is 158 Å². The first-order valence-electron chi connectivity index (χ1n) is 20.8. The lowest BCUT2D eigenvalue weighted by molar-refractivity contribution is 1.19. The fraction of sp³-hybridized carbons (Fsp3) is 0. The third kappa shape index (κ3) is 6.18. The smallest absolute Gasteiger partial charge is 0.0547 e. The van der Waals surface area contributed by atoms with Crippen molar-refractivity contribution in [3.05, 3.63) is 231 Å². The summed E-state index contributed by atoms with van der Waals surface area (Å²) in [4.78, 5) is 2.39. The average molecular weight is 795 g/mol. The number of thiophene rings is 1. The summed E-state index contributed by atoms with van der Waals surface area (Å²) in [6.07, 6.45) is 0. The van der Waals surface area contributed by atoms with Crippen LogP contribution in [0.3, 0.4) is 0 Å². The van der Waals surface area contributed by atoms with Gasteiger partial charge in [0.15, 0.2) is 0 Å². The molecule has 0 aliphatic heterocycles. The number of para-hydroxylation sites is 1. The first kappa shape index (κ1) is 35.2. The van der Waals surface area contributed by atoms with E-state index < -0.39 is 0 Å². The zero-order valence-corrected chi connectivity index (χ0v) is 34.1. The minimum absolute atomic E-state index is 1.11. The van der Waals surface area contributed by atoms with Gasteiger partial charge in [-0.3, -0.25) is 0 Å². The Balaban J connectivity index is 0.956. The van der Waals surface area contributed by atoms with E-state index in [1.807, 2.05) is 11.3 Å². The van der Waals surface area contributed by atoms with Gasteiger partial charge in [-0.2, -0.15) is 0 Å². The molecule has 286 valence electrons. The fourth-order valence-corrected chi connectivity index (χ4v) is 10.3. The maximum atomic E-state index is 2.42. The number of benzene rings is 10. The summed E-state index contributed by atoms with van der Waals surface area (Å²) in [6.45, 7) is 0. The second-order valence-electron chi connectivity index (χ2n) is 15.8. The van der Waals surface area contributed by atoms with Crippen LogP contribution in [-0.4, -0.2) is 4.57 Å². The van der Waals surface area contributed by atoms with Crippen LogP contribution < -0.4 is 4.90 Å². The normalized spacial score (nSPS) is 11.6. The van der Waals surface area contributed by atoms with E-state index in [0.717, 1.165) is 17.1 Å². The molecule has 0 spiro atoms. The predicted molar refractivity (Wildman–Crippen MR) is 262 cm³/mol. The number of aromatic nitrogens is 1. The molecular formula is C58H38N2S. The number of anilines is 3. The second kappa shape index (κ2) is 14.5. The van der Waals surface area contributed by atoms with Gasteiger partial charge in [0, 0.05) is 53.7 Å². The Morgan fingerprint density at radius 2 is 0.869 bits per heavy atom. The molecule has 0 bridgehead atoms. The Bertz CT molecular complexity index is 3600. The monoisotopic (exact) mass is 794 g/mol. The zero-order chi connectivity index (χ0) is 40.3. The van der Waals surface area contributed by atoms with E-state index in [-0.39, 0.29) is 0 Å². The highest BCUT2D eigenvalue weighted by Gasteiger charge is 2.17. The summed E-state index contributed by atoms with van der Waals surface area (Å²) < 4.78 is 5.01. The maximum absolute atomic E-state index is 2.42. The average Bonchev–Trinajstić information content (AvgIpc) is 3.87. The van der Waals surface area contributed by atoms with Crippen molar-refractivity contribution >= 4 is 81.1 Å². The van der Waals surface area contributed by atoms with Crippen molar-refractivity contribution in [3.8, 4) is 39.1 Å². The summed E-state index contributed by atoms with van der Waals surface area (Å²) >= 11 is 1.86. The minimum Gasteiger partial charge on any atom is -0.310 e. The fourth-order valence-electron chi connectivity index (χ4n) is 9.18. The molecule has 0 aliphatic rings. The van der Waals surface area contributed by atoms with Crippen LogP contribution in [0.15, 0.2) is 231 Å². The van der Waals surface area contributed by atoms with Gasteiger partial charge in [-0.25, -0.2) is 0 Å². The minimum atomic E-state index is 1.11. The number of fused-ring (bicyclic) bond motifs is 7. The number of hydrogen-bond acceptors (Lipinski definition) is 2. The molecule has 0 unspecified atom stereocenters. The summed E-state index contributed by atoms with van der Waals surface area (Å²) in [5.41, 5.74) is 14.1. The largest absolute Gasteiger partial charge is 0.310 e. The van der Waals surface area contributed by atoms with Crippen molar-refractivity contribution in [1.82, 2.24) is 4.57 Å². The molecule has 12 aromatic rings. The van der Waals surface area contributed by atoms with Crippen LogP contribution >= 0.6 is 11.3 Å². The summed E-state index contributed by atoms with van der Waals surface area (Å²) in [7, 11) is 0. The van der Waals surface area contributed by atoms with Crippen molar-refractivity contribution in [2.75, 3.05) is 4.90 Å². The molecule has 2 aromatic heterocycles. The molecule has 0 N–H and O–H groups in total. The number of rotatable bonds is 7. The molecule has 0 fully saturated rings. The van der Waals surface area contributed by atoms with E-state index in [0.29, 0.717) is 0 Å². The molecule has 0 saturated carbocycles. The SMILES string of the molecule is c1ccc(-c2ccc(N(c3cccc(-c4cccc(-c5ccc6c7ccccc7n(-c7ccc8ccccc8c7)c6c5)c4)c3)c3ccc4c(c3)sc3ccccc34)cc2)cc1. The lowest BCUT2D eigenvalue weighted by Gasteiger charge is -2.26. The van der Waals surface area contributed by atoms with E-state index >= 15 is 0 Å². The van der Waals surface area contributed by atoms with Gasteiger partial charge in [0.05, 0.1) is 11.0 Å². The molecule has 0 saturated heterocycles. The third-order valence-corrected chi connectivity index (χ3v) is 13.3. The first-order chi connectivity index (χ1) is 30.2. The van der Waals surface area contributed by atoms with Crippen LogP contribution in [0.5, 0.6) is 0 Å². The molecule has 3 heteroatoms. The molecule has 0 aliphatic carbocycles. The molecular weight excluding hydrogens is 757 g/mol. The summed E-state index contributed by atoms with van der Waals surface area (Å²) in [5.74, 6) is 0. The van der Waals surface area contributed by atoms with Crippen LogP contribution in [0.2, 0.25) is 0 Å². The Hall–Kier alpha value is -7.72. The van der Waals surface area contributed by atoms with Gasteiger partial charge < -0.3 is 9.47 Å². The van der Waals surface area contributed by atoms with Gasteiger partial charge in [0.1, 0.15) is 0 Å². The molecule has 61 heavy (non-hydrogen) atoms. The highest BCUT2D eigenvalue weighted by atomic mass is 32.1. The highest BCUT2D eigenvalue weighted by molar-refractivity contribution is 7.25. The summed E-state index contributed by atoms with van der Waals surface area (Å²) in [5, 5.41) is 7.60. The Morgan fingerprint density at radius 3 is 1.72 bits per heavy atom. The lowest BCUT2D eigenvalue weighted by atomic mass is 9.97. The van der Waals surface area contributed by atoms with Crippen molar-refractivity contribution in [2.24, 2.45) is 0 Å². The molecule has 0 radical (unpaired) electrons. The van der Waals surface area contributed by atoms with Crippen LogP contribution in [0.1, 0.15) is 0 Å². The quantitative estimate of drug-likeness (QED) is 0.156. The van der Waals surface area contributed by atoms with Crippen LogP contribution in [-0.2, 0) is 0 Å². The van der Waals surface area contributed by atoms with Crippen LogP contribution in [0.4, 0.5) is 17.1 Å². The zero-order valence-electron chi connectivity index (χ0n) is 33.2. The third-order valence-electron chi connectivity index (χ3n) is 12.2. The van der Waals surface area contributed by atoms with Crippen LogP contribution in [0.25, 0.3) is 91.8 Å². The van der Waals surface area contributed by atoms with E-state index in [2.05, 4.69) is 240 Å². The van der Waals surface area contributed by atoms with Crippen LogP contribution in [0, 0.1) is 0 Å². The lowest BCUT2D eigenvalue weighted by Crippen LogP contribution is -2.09. The highest BCUT2D eigenvalue weighted by Crippen LogP contribution is 2.42. The van der Waals surface area contributed by atoms with E-state index in [1.54, 1.807) is 0 Å². The van der Waals surface area contributed by atoms with Gasteiger partial charge in [-0.15, -0.1) is 11.3 Å². The van der Waals surface area contributed by atoms with Gasteiger partial charge >= 0.3 is 0 Å². The molecule has 2 nitrogen and oxygen atoms in total. The van der Waals surface area contributed by atoms with E-state index in [1.165, 1.54) is 91.8 Å². The molecule has 0 amide bonds. The Morgan fingerprint density at radius 1 is 0.295 bits per heavy atom. The van der Waals surface area contributed by atoms with E-state index in [4.69, 9.17) is 0 Å². The standard InChI is InChI=1S/C58H38N2S/c1-2-12-39(13-3-1)41-24-28-47(29-25-41)59(50-31-33-54-53-21-7-9-23-57(53)61-58(54)38-50)48-19-11-18-45(36-48)42-16-10-17-43(34-42)46-27-32-52-51-20-6-8-22-55(51)60(56(52)37-46)49-30-26-40-14-4-5-15-44(40)35-49/h1-38H. The molecule has 12 rings (SSSR count). The van der Waals surface area contributed by atoms with Gasteiger partial charge in [0.25, 0.3) is 0 Å². The van der Waals surface area contributed by atoms with Crippen molar-refractivity contribution in [2.45, 2.75) is 0 Å². The topological polar surface area (TPSA) is 8.17 Å². The Labute approximate surface area is 358 Å². The molecule has 0 atom stereocenters. The Kier molecular flexibility index (Phi) is 8.39. The summed E-state index contributed by atoms with van der Waals surface area (Å²) in [6, 6.07) is 84.3. The number of nitrogens with zero attached hydrogens (tertiary/aromatic N) is 2. The number of hydrogen-bond donors (Lipinski definition) is 0. The van der Waals surface area contributed by atoms with Gasteiger partial charge in [-0.05, 0) is 117 Å². The van der Waals surface area contributed by atoms with Gasteiger partial charge in [0.2, 0.25) is 0 Å². The van der Waals surface area contributed by atoms with Crippen molar-refractivity contribution in [3.63, 3.8) is 0 Å².